The van der Waals surface area contributed by atoms with Crippen LogP contribution < -0.4 is 16.0 Å². The Labute approximate surface area is 197 Å². The van der Waals surface area contributed by atoms with Gasteiger partial charge in [0.15, 0.2) is 0 Å². The fourth-order valence-electron chi connectivity index (χ4n) is 3.47. The SMILES string of the molecule is C=C1NC(n2ccnc2)=C(Nc2ccncc2C(=C)NCCC)C=C1c1cc(Cl)ccc1F. The number of aromatic nitrogens is 3. The minimum atomic E-state index is -0.388. The molecule has 0 amide bonds. The number of halogens is 2. The van der Waals surface area contributed by atoms with Gasteiger partial charge in [0.1, 0.15) is 18.0 Å². The number of benzene rings is 1. The Bertz CT molecular complexity index is 1260. The van der Waals surface area contributed by atoms with Crippen molar-refractivity contribution in [1.82, 2.24) is 25.2 Å². The van der Waals surface area contributed by atoms with Gasteiger partial charge in [-0.2, -0.15) is 0 Å². The Kier molecular flexibility index (Phi) is 6.60. The monoisotopic (exact) mass is 462 g/mol. The van der Waals surface area contributed by atoms with Crippen LogP contribution in [0.1, 0.15) is 24.5 Å². The normalized spacial score (nSPS) is 13.4. The number of nitrogens with one attached hydrogen (secondary N) is 3. The minimum Gasteiger partial charge on any atom is -0.385 e. The molecular formula is C25H24ClFN6. The zero-order chi connectivity index (χ0) is 23.4. The number of hydrogen-bond donors (Lipinski definition) is 3. The summed E-state index contributed by atoms with van der Waals surface area (Å²) >= 11 is 6.15. The molecule has 168 valence electrons. The van der Waals surface area contributed by atoms with E-state index < -0.39 is 0 Å². The molecule has 1 aliphatic heterocycles. The third-order valence-electron chi connectivity index (χ3n) is 5.12. The summed E-state index contributed by atoms with van der Waals surface area (Å²) in [5.41, 5.74) is 4.54. The second kappa shape index (κ2) is 9.75. The summed E-state index contributed by atoms with van der Waals surface area (Å²) in [4.78, 5) is 8.40. The van der Waals surface area contributed by atoms with Crippen molar-refractivity contribution in [2.45, 2.75) is 13.3 Å². The van der Waals surface area contributed by atoms with Gasteiger partial charge in [-0.25, -0.2) is 9.37 Å². The lowest BCUT2D eigenvalue weighted by Crippen LogP contribution is -2.25. The second-order valence-corrected chi connectivity index (χ2v) is 7.91. The van der Waals surface area contributed by atoms with Crippen LogP contribution in [0.25, 0.3) is 17.1 Å². The van der Waals surface area contributed by atoms with E-state index in [9.17, 15) is 4.39 Å². The molecule has 0 aliphatic carbocycles. The van der Waals surface area contributed by atoms with Crippen LogP contribution in [-0.4, -0.2) is 21.1 Å². The van der Waals surface area contributed by atoms with Gasteiger partial charge in [0.25, 0.3) is 0 Å². The summed E-state index contributed by atoms with van der Waals surface area (Å²) in [5, 5.41) is 10.5. The summed E-state index contributed by atoms with van der Waals surface area (Å²) in [6, 6.07) is 6.32. The third kappa shape index (κ3) is 4.83. The minimum absolute atomic E-state index is 0.355. The molecule has 0 atom stereocenters. The molecule has 4 rings (SSSR count). The number of anilines is 1. The van der Waals surface area contributed by atoms with E-state index in [0.29, 0.717) is 33.4 Å². The molecule has 1 aromatic carbocycles. The molecule has 0 saturated heterocycles. The average molecular weight is 463 g/mol. The molecule has 33 heavy (non-hydrogen) atoms. The lowest BCUT2D eigenvalue weighted by Gasteiger charge is -2.26. The first kappa shape index (κ1) is 22.4. The average Bonchev–Trinajstić information content (AvgIpc) is 3.35. The summed E-state index contributed by atoms with van der Waals surface area (Å²) < 4.78 is 16.5. The van der Waals surface area contributed by atoms with E-state index in [-0.39, 0.29) is 5.82 Å². The van der Waals surface area contributed by atoms with E-state index in [4.69, 9.17) is 11.6 Å². The number of rotatable bonds is 8. The van der Waals surface area contributed by atoms with Gasteiger partial charge in [-0.05, 0) is 36.8 Å². The molecule has 3 aromatic rings. The molecule has 3 heterocycles. The van der Waals surface area contributed by atoms with Crippen molar-refractivity contribution in [3.05, 3.63) is 108 Å². The quantitative estimate of drug-likeness (QED) is 0.413. The van der Waals surface area contributed by atoms with Crippen molar-refractivity contribution in [1.29, 1.82) is 0 Å². The van der Waals surface area contributed by atoms with Crippen molar-refractivity contribution < 1.29 is 4.39 Å². The predicted molar refractivity (Wildman–Crippen MR) is 132 cm³/mol. The zero-order valence-electron chi connectivity index (χ0n) is 18.2. The first-order chi connectivity index (χ1) is 16.0. The summed E-state index contributed by atoms with van der Waals surface area (Å²) in [7, 11) is 0. The number of nitrogens with zero attached hydrogens (tertiary/aromatic N) is 3. The Balaban J connectivity index is 1.81. The van der Waals surface area contributed by atoms with E-state index in [1.807, 2.05) is 22.9 Å². The third-order valence-corrected chi connectivity index (χ3v) is 5.36. The standard InChI is InChI=1S/C25H24ClFN6/c1-4-8-30-16(2)21-14-28-9-7-23(21)32-24-13-19(20-12-18(26)5-6-22(20)27)17(3)31-25(24)33-11-10-29-15-33/h5-7,9-15,30-31H,2-4,8H2,1H3,(H,28,32). The highest BCUT2D eigenvalue weighted by atomic mass is 35.5. The van der Waals surface area contributed by atoms with Crippen LogP contribution in [0.4, 0.5) is 10.1 Å². The zero-order valence-corrected chi connectivity index (χ0v) is 19.0. The Hall–Kier alpha value is -3.84. The predicted octanol–water partition coefficient (Wildman–Crippen LogP) is 5.48. The highest BCUT2D eigenvalue weighted by molar-refractivity contribution is 6.30. The van der Waals surface area contributed by atoms with Crippen LogP contribution in [0.15, 0.2) is 86.0 Å². The van der Waals surface area contributed by atoms with E-state index in [0.717, 1.165) is 29.9 Å². The van der Waals surface area contributed by atoms with E-state index in [2.05, 4.69) is 46.0 Å². The lowest BCUT2D eigenvalue weighted by atomic mass is 9.99. The maximum Gasteiger partial charge on any atom is 0.139 e. The largest absolute Gasteiger partial charge is 0.385 e. The first-order valence-corrected chi connectivity index (χ1v) is 10.9. The highest BCUT2D eigenvalue weighted by Gasteiger charge is 2.22. The molecule has 2 aromatic heterocycles. The summed E-state index contributed by atoms with van der Waals surface area (Å²) in [6.07, 6.45) is 11.4. The van der Waals surface area contributed by atoms with Crippen molar-refractivity contribution in [3.8, 4) is 0 Å². The van der Waals surface area contributed by atoms with Crippen LogP contribution in [0.3, 0.4) is 0 Å². The van der Waals surface area contributed by atoms with Gasteiger partial charge in [0.2, 0.25) is 0 Å². The van der Waals surface area contributed by atoms with Gasteiger partial charge in [-0.3, -0.25) is 9.55 Å². The molecule has 0 fully saturated rings. The van der Waals surface area contributed by atoms with Gasteiger partial charge >= 0.3 is 0 Å². The van der Waals surface area contributed by atoms with Gasteiger partial charge in [0, 0.05) is 64.4 Å². The van der Waals surface area contributed by atoms with Gasteiger partial charge in [-0.1, -0.05) is 31.7 Å². The molecule has 6 nitrogen and oxygen atoms in total. The number of allylic oxidation sites excluding steroid dienone is 2. The topological polar surface area (TPSA) is 66.8 Å². The Morgan fingerprint density at radius 2 is 2.09 bits per heavy atom. The lowest BCUT2D eigenvalue weighted by molar-refractivity contribution is 0.624. The van der Waals surface area contributed by atoms with Crippen molar-refractivity contribution >= 4 is 34.4 Å². The van der Waals surface area contributed by atoms with Gasteiger partial charge in [-0.15, -0.1) is 0 Å². The molecule has 0 unspecified atom stereocenters. The van der Waals surface area contributed by atoms with Crippen LogP contribution >= 0.6 is 11.6 Å². The Morgan fingerprint density at radius 1 is 1.24 bits per heavy atom. The van der Waals surface area contributed by atoms with E-state index in [1.54, 1.807) is 31.0 Å². The van der Waals surface area contributed by atoms with Crippen LogP contribution in [0, 0.1) is 5.82 Å². The molecule has 0 saturated carbocycles. The maximum absolute atomic E-state index is 14.7. The van der Waals surface area contributed by atoms with E-state index >= 15 is 0 Å². The second-order valence-electron chi connectivity index (χ2n) is 7.47. The van der Waals surface area contributed by atoms with Crippen molar-refractivity contribution in [3.63, 3.8) is 0 Å². The summed E-state index contributed by atoms with van der Waals surface area (Å²) in [5.74, 6) is 0.305. The number of pyridine rings is 1. The number of imidazole rings is 1. The van der Waals surface area contributed by atoms with Crippen molar-refractivity contribution in [2.75, 3.05) is 11.9 Å². The van der Waals surface area contributed by atoms with Gasteiger partial charge < -0.3 is 16.0 Å². The molecule has 3 N–H and O–H groups in total. The van der Waals surface area contributed by atoms with Crippen LogP contribution in [-0.2, 0) is 0 Å². The van der Waals surface area contributed by atoms with E-state index in [1.165, 1.54) is 12.1 Å². The van der Waals surface area contributed by atoms with Gasteiger partial charge in [0.05, 0.1) is 11.4 Å². The van der Waals surface area contributed by atoms with Crippen LogP contribution in [0.2, 0.25) is 5.02 Å². The maximum atomic E-state index is 14.7. The summed E-state index contributed by atoms with van der Waals surface area (Å²) in [6.45, 7) is 11.1. The Morgan fingerprint density at radius 3 is 2.85 bits per heavy atom. The molecule has 0 radical (unpaired) electrons. The van der Waals surface area contributed by atoms with Crippen molar-refractivity contribution in [2.24, 2.45) is 0 Å². The molecule has 0 bridgehead atoms. The number of hydrogen-bond acceptors (Lipinski definition) is 5. The van der Waals surface area contributed by atoms with Crippen LogP contribution in [0.5, 0.6) is 0 Å². The number of dihydropyridines is 1. The first-order valence-electron chi connectivity index (χ1n) is 10.5. The molecule has 8 heteroatoms. The molecule has 1 aliphatic rings. The fraction of sp³-hybridized carbons (Fsp3) is 0.120. The molecule has 0 spiro atoms. The highest BCUT2D eigenvalue weighted by Crippen LogP contribution is 2.33. The smallest absolute Gasteiger partial charge is 0.139 e. The fourth-order valence-corrected chi connectivity index (χ4v) is 3.64. The molecular weight excluding hydrogens is 439 g/mol.